The summed E-state index contributed by atoms with van der Waals surface area (Å²) in [5, 5.41) is 12.1. The molecule has 2 rings (SSSR count). The molecule has 3 nitrogen and oxygen atoms in total. The lowest BCUT2D eigenvalue weighted by atomic mass is 9.88. The lowest BCUT2D eigenvalue weighted by Crippen LogP contribution is -2.21. The van der Waals surface area contributed by atoms with Crippen LogP contribution in [-0.4, -0.2) is 12.3 Å². The lowest BCUT2D eigenvalue weighted by Gasteiger charge is -2.21. The van der Waals surface area contributed by atoms with Crippen LogP contribution in [0.4, 0.5) is 5.69 Å². The van der Waals surface area contributed by atoms with E-state index in [2.05, 4.69) is 11.4 Å². The van der Waals surface area contributed by atoms with E-state index in [1.807, 2.05) is 18.2 Å². The summed E-state index contributed by atoms with van der Waals surface area (Å²) < 4.78 is 0. The van der Waals surface area contributed by atoms with Crippen molar-refractivity contribution < 1.29 is 4.79 Å². The van der Waals surface area contributed by atoms with Gasteiger partial charge in [-0.05, 0) is 37.0 Å². The highest BCUT2D eigenvalue weighted by atomic mass is 16.1. The van der Waals surface area contributed by atoms with E-state index < -0.39 is 0 Å². The second kappa shape index (κ2) is 5.49. The maximum Gasteiger partial charge on any atom is 0.132 e. The molecule has 0 unspecified atom stereocenters. The van der Waals surface area contributed by atoms with Gasteiger partial charge in [-0.25, -0.2) is 0 Å². The van der Waals surface area contributed by atoms with Gasteiger partial charge in [0.15, 0.2) is 0 Å². The molecule has 1 saturated carbocycles. The average Bonchev–Trinajstić information content (AvgIpc) is 2.38. The third-order valence-corrected chi connectivity index (χ3v) is 3.25. The molecule has 17 heavy (non-hydrogen) atoms. The van der Waals surface area contributed by atoms with E-state index in [4.69, 9.17) is 5.26 Å². The molecule has 0 spiro atoms. The van der Waals surface area contributed by atoms with Crippen LogP contribution in [0.3, 0.4) is 0 Å². The minimum atomic E-state index is 0.396. The molecule has 0 aliphatic heterocycles. The van der Waals surface area contributed by atoms with Gasteiger partial charge in [0.25, 0.3) is 0 Å². The van der Waals surface area contributed by atoms with E-state index in [1.54, 1.807) is 6.07 Å². The Labute approximate surface area is 101 Å². The highest BCUT2D eigenvalue weighted by molar-refractivity contribution is 5.79. The maximum atomic E-state index is 11.1. The van der Waals surface area contributed by atoms with Gasteiger partial charge in [0.05, 0.1) is 11.6 Å². The number of rotatable bonds is 3. The summed E-state index contributed by atoms with van der Waals surface area (Å²) in [6, 6.07) is 9.62. The van der Waals surface area contributed by atoms with Crippen LogP contribution in [0, 0.1) is 17.2 Å². The molecular formula is C14H16N2O. The minimum absolute atomic E-state index is 0.396. The molecule has 1 aliphatic rings. The Bertz CT molecular complexity index is 438. The minimum Gasteiger partial charge on any atom is -0.385 e. The molecule has 0 amide bonds. The number of ketones is 1. The molecular weight excluding hydrogens is 212 g/mol. The molecule has 0 bridgehead atoms. The van der Waals surface area contributed by atoms with Crippen LogP contribution in [0.1, 0.15) is 31.2 Å². The molecule has 1 aliphatic carbocycles. The third-order valence-electron chi connectivity index (χ3n) is 3.25. The molecule has 1 aromatic carbocycles. The second-order valence-electron chi connectivity index (χ2n) is 4.56. The molecule has 0 heterocycles. The lowest BCUT2D eigenvalue weighted by molar-refractivity contribution is -0.120. The average molecular weight is 228 g/mol. The van der Waals surface area contributed by atoms with Crippen molar-refractivity contribution in [2.75, 3.05) is 11.9 Å². The Morgan fingerprint density at radius 2 is 2.12 bits per heavy atom. The standard InChI is InChI=1S/C14H16N2O/c15-9-12-2-1-3-13(8-12)16-10-11-4-6-14(17)7-5-11/h1-3,8,11,16H,4-7,10H2. The largest absolute Gasteiger partial charge is 0.385 e. The number of carbonyl (C=O) groups is 1. The van der Waals surface area contributed by atoms with Crippen molar-refractivity contribution in [3.63, 3.8) is 0 Å². The van der Waals surface area contributed by atoms with Crippen LogP contribution in [0.15, 0.2) is 24.3 Å². The number of carbonyl (C=O) groups excluding carboxylic acids is 1. The number of nitriles is 1. The SMILES string of the molecule is N#Cc1cccc(NCC2CCC(=O)CC2)c1. The summed E-state index contributed by atoms with van der Waals surface area (Å²) in [5.74, 6) is 0.978. The molecule has 0 atom stereocenters. The maximum absolute atomic E-state index is 11.1. The van der Waals surface area contributed by atoms with E-state index in [9.17, 15) is 4.79 Å². The highest BCUT2D eigenvalue weighted by Crippen LogP contribution is 2.22. The van der Waals surface area contributed by atoms with Crippen LogP contribution >= 0.6 is 0 Å². The summed E-state index contributed by atoms with van der Waals surface area (Å²) in [6.07, 6.45) is 3.43. The van der Waals surface area contributed by atoms with Gasteiger partial charge in [-0.3, -0.25) is 4.79 Å². The van der Waals surface area contributed by atoms with Gasteiger partial charge >= 0.3 is 0 Å². The van der Waals surface area contributed by atoms with Crippen molar-refractivity contribution >= 4 is 11.5 Å². The number of hydrogen-bond donors (Lipinski definition) is 1. The first kappa shape index (κ1) is 11.7. The molecule has 88 valence electrons. The number of benzene rings is 1. The Balaban J connectivity index is 1.85. The van der Waals surface area contributed by atoms with Crippen molar-refractivity contribution in [2.45, 2.75) is 25.7 Å². The molecule has 1 fully saturated rings. The molecule has 3 heteroatoms. The number of nitrogens with one attached hydrogen (secondary N) is 1. The summed E-state index contributed by atoms with van der Waals surface area (Å²) in [6.45, 7) is 0.891. The van der Waals surface area contributed by atoms with Gasteiger partial charge < -0.3 is 5.32 Å². The first-order valence-electron chi connectivity index (χ1n) is 6.03. The zero-order chi connectivity index (χ0) is 12.1. The highest BCUT2D eigenvalue weighted by Gasteiger charge is 2.18. The van der Waals surface area contributed by atoms with Gasteiger partial charge in [0.2, 0.25) is 0 Å². The van der Waals surface area contributed by atoms with Crippen LogP contribution in [0.25, 0.3) is 0 Å². The van der Waals surface area contributed by atoms with Gasteiger partial charge in [-0.15, -0.1) is 0 Å². The van der Waals surface area contributed by atoms with Gasteiger partial charge in [-0.1, -0.05) is 6.07 Å². The fraction of sp³-hybridized carbons (Fsp3) is 0.429. The van der Waals surface area contributed by atoms with Gasteiger partial charge in [0, 0.05) is 25.1 Å². The molecule has 1 aromatic rings. The topological polar surface area (TPSA) is 52.9 Å². The van der Waals surface area contributed by atoms with E-state index in [1.165, 1.54) is 0 Å². The van der Waals surface area contributed by atoms with Crippen molar-refractivity contribution in [1.82, 2.24) is 0 Å². The Morgan fingerprint density at radius 3 is 2.82 bits per heavy atom. The van der Waals surface area contributed by atoms with Crippen LogP contribution < -0.4 is 5.32 Å². The number of nitrogens with zero attached hydrogens (tertiary/aromatic N) is 1. The molecule has 1 N–H and O–H groups in total. The fourth-order valence-electron chi connectivity index (χ4n) is 2.16. The summed E-state index contributed by atoms with van der Waals surface area (Å²) in [7, 11) is 0. The first-order chi connectivity index (χ1) is 8.28. The smallest absolute Gasteiger partial charge is 0.132 e. The van der Waals surface area contributed by atoms with Crippen molar-refractivity contribution in [1.29, 1.82) is 5.26 Å². The van der Waals surface area contributed by atoms with Crippen molar-refractivity contribution in [3.05, 3.63) is 29.8 Å². The number of Topliss-reactive ketones (excluding diaryl/α,β-unsaturated/α-hetero) is 1. The Hall–Kier alpha value is -1.82. The third kappa shape index (κ3) is 3.32. The predicted molar refractivity (Wildman–Crippen MR) is 66.6 cm³/mol. The van der Waals surface area contributed by atoms with Crippen LogP contribution in [-0.2, 0) is 4.79 Å². The zero-order valence-corrected chi connectivity index (χ0v) is 9.78. The molecule has 0 saturated heterocycles. The number of hydrogen-bond acceptors (Lipinski definition) is 3. The quantitative estimate of drug-likeness (QED) is 0.865. The van der Waals surface area contributed by atoms with E-state index >= 15 is 0 Å². The van der Waals surface area contributed by atoms with Crippen molar-refractivity contribution in [2.24, 2.45) is 5.92 Å². The monoisotopic (exact) mass is 228 g/mol. The van der Waals surface area contributed by atoms with Crippen molar-refractivity contribution in [3.8, 4) is 6.07 Å². The predicted octanol–water partition coefficient (Wildman–Crippen LogP) is 2.73. The summed E-state index contributed by atoms with van der Waals surface area (Å²) in [5.41, 5.74) is 1.66. The second-order valence-corrected chi connectivity index (χ2v) is 4.56. The normalized spacial score (nSPS) is 16.5. The molecule has 0 aromatic heterocycles. The summed E-state index contributed by atoms with van der Waals surface area (Å²) >= 11 is 0. The molecule has 0 radical (unpaired) electrons. The first-order valence-corrected chi connectivity index (χ1v) is 6.03. The van der Waals surface area contributed by atoms with E-state index in [0.717, 1.165) is 37.9 Å². The van der Waals surface area contributed by atoms with E-state index in [-0.39, 0.29) is 0 Å². The summed E-state index contributed by atoms with van der Waals surface area (Å²) in [4.78, 5) is 11.1. The fourth-order valence-corrected chi connectivity index (χ4v) is 2.16. The Morgan fingerprint density at radius 1 is 1.35 bits per heavy atom. The number of anilines is 1. The zero-order valence-electron chi connectivity index (χ0n) is 9.78. The van der Waals surface area contributed by atoms with Gasteiger partial charge in [-0.2, -0.15) is 5.26 Å². The Kier molecular flexibility index (Phi) is 3.77. The van der Waals surface area contributed by atoms with Gasteiger partial charge in [0.1, 0.15) is 5.78 Å². The van der Waals surface area contributed by atoms with Crippen LogP contribution in [0.5, 0.6) is 0 Å². The van der Waals surface area contributed by atoms with Crippen LogP contribution in [0.2, 0.25) is 0 Å². The van der Waals surface area contributed by atoms with E-state index in [0.29, 0.717) is 17.3 Å².